The van der Waals surface area contributed by atoms with Crippen molar-refractivity contribution >= 4 is 41.6 Å². The summed E-state index contributed by atoms with van der Waals surface area (Å²) in [7, 11) is 2.92. The van der Waals surface area contributed by atoms with Gasteiger partial charge >= 0.3 is 6.03 Å². The van der Waals surface area contributed by atoms with E-state index in [2.05, 4.69) is 15.6 Å². The molecular formula is C19H23N6O4+. The van der Waals surface area contributed by atoms with Crippen molar-refractivity contribution in [3.63, 3.8) is 0 Å². The van der Waals surface area contributed by atoms with Crippen LogP contribution in [0, 0.1) is 0 Å². The first-order valence-electron chi connectivity index (χ1n) is 9.24. The number of para-hydroxylation sites is 1. The van der Waals surface area contributed by atoms with Crippen LogP contribution in [0.15, 0.2) is 29.3 Å². The first-order chi connectivity index (χ1) is 13.8. The summed E-state index contributed by atoms with van der Waals surface area (Å²) in [4.78, 5) is 55.9. The van der Waals surface area contributed by atoms with Crippen LogP contribution in [-0.2, 0) is 9.59 Å². The molecule has 10 nitrogen and oxygen atoms in total. The van der Waals surface area contributed by atoms with Crippen LogP contribution < -0.4 is 10.6 Å². The molecule has 0 radical (unpaired) electrons. The van der Waals surface area contributed by atoms with Gasteiger partial charge in [0.15, 0.2) is 6.54 Å². The van der Waals surface area contributed by atoms with Crippen molar-refractivity contribution in [2.24, 2.45) is 4.99 Å². The molecule has 1 unspecified atom stereocenters. The maximum absolute atomic E-state index is 12.6. The molecule has 10 heteroatoms. The Morgan fingerprint density at radius 3 is 2.62 bits per heavy atom. The first-order valence-corrected chi connectivity index (χ1v) is 9.24. The highest BCUT2D eigenvalue weighted by Gasteiger charge is 2.50. The number of hydrogen-bond donors (Lipinski definition) is 2. The number of aliphatic imine (C=N–C) groups is 1. The normalized spacial score (nSPS) is 18.2. The van der Waals surface area contributed by atoms with E-state index in [9.17, 15) is 19.2 Å². The number of urea groups is 1. The standard InChI is InChI=1S/C19H22N6O4/c1-4-9-20-17(27)12-7-5-6-8-13(12)22-14(26)10-25-11-21-16-15(25)18(28)24(3)19(29)23(16)2/h5-8,11,15H,4,9-10H2,1-3H3,(H-,20,22,26,27)/p+1. The lowest BCUT2D eigenvalue weighted by Crippen LogP contribution is -2.61. The number of nitrogens with zero attached hydrogens (tertiary/aromatic N) is 4. The fourth-order valence-electron chi connectivity index (χ4n) is 3.15. The zero-order valence-electron chi connectivity index (χ0n) is 16.5. The summed E-state index contributed by atoms with van der Waals surface area (Å²) in [6.45, 7) is 2.32. The number of amidine groups is 1. The number of carbonyl (C=O) groups is 4. The Bertz CT molecular complexity index is 938. The molecule has 1 aromatic carbocycles. The van der Waals surface area contributed by atoms with Gasteiger partial charge in [0.1, 0.15) is 0 Å². The number of likely N-dealkylation sites (N-methyl/N-ethyl adjacent to an activating group) is 2. The van der Waals surface area contributed by atoms with E-state index in [1.54, 1.807) is 24.3 Å². The lowest BCUT2D eigenvalue weighted by atomic mass is 10.1. The molecular weight excluding hydrogens is 376 g/mol. The predicted octanol–water partition coefficient (Wildman–Crippen LogP) is 0.110. The number of nitrogens with one attached hydrogen (secondary N) is 2. The quantitative estimate of drug-likeness (QED) is 0.661. The molecule has 1 atom stereocenters. The molecule has 2 N–H and O–H groups in total. The zero-order chi connectivity index (χ0) is 21.1. The summed E-state index contributed by atoms with van der Waals surface area (Å²) in [6.07, 6.45) is 2.18. The molecule has 1 aromatic rings. The van der Waals surface area contributed by atoms with Gasteiger partial charge in [0.25, 0.3) is 35.9 Å². The molecule has 1 saturated heterocycles. The molecule has 5 amide bonds. The van der Waals surface area contributed by atoms with Crippen molar-refractivity contribution in [3.8, 4) is 0 Å². The van der Waals surface area contributed by atoms with Gasteiger partial charge in [-0.3, -0.25) is 24.2 Å². The van der Waals surface area contributed by atoms with Crippen molar-refractivity contribution in [1.29, 1.82) is 0 Å². The second-order valence-electron chi connectivity index (χ2n) is 6.77. The number of benzene rings is 1. The zero-order valence-corrected chi connectivity index (χ0v) is 16.5. The van der Waals surface area contributed by atoms with Crippen molar-refractivity contribution in [1.82, 2.24) is 15.1 Å². The van der Waals surface area contributed by atoms with Gasteiger partial charge in [0.05, 0.1) is 11.3 Å². The molecule has 0 bridgehead atoms. The van der Waals surface area contributed by atoms with Gasteiger partial charge in [-0.15, -0.1) is 0 Å². The molecule has 2 aliphatic heterocycles. The number of amides is 5. The van der Waals surface area contributed by atoms with Gasteiger partial charge < -0.3 is 10.6 Å². The number of rotatable bonds is 6. The molecule has 0 aliphatic carbocycles. The smallest absolute Gasteiger partial charge is 0.333 e. The molecule has 2 aliphatic rings. The van der Waals surface area contributed by atoms with Crippen molar-refractivity contribution in [2.45, 2.75) is 19.4 Å². The summed E-state index contributed by atoms with van der Waals surface area (Å²) >= 11 is 0. The second kappa shape index (κ2) is 8.21. The first kappa shape index (κ1) is 20.2. The van der Waals surface area contributed by atoms with E-state index in [1.165, 1.54) is 29.9 Å². The van der Waals surface area contributed by atoms with Crippen LogP contribution in [-0.4, -0.2) is 83.5 Å². The Morgan fingerprint density at radius 1 is 1.17 bits per heavy atom. The predicted molar refractivity (Wildman–Crippen MR) is 106 cm³/mol. The third-order valence-electron chi connectivity index (χ3n) is 4.70. The maximum atomic E-state index is 12.6. The number of imide groups is 1. The van der Waals surface area contributed by atoms with Crippen LogP contribution in [0.2, 0.25) is 0 Å². The van der Waals surface area contributed by atoms with Gasteiger partial charge in [-0.25, -0.2) is 9.37 Å². The Kier molecular flexibility index (Phi) is 5.71. The van der Waals surface area contributed by atoms with Crippen molar-refractivity contribution < 1.29 is 23.8 Å². The van der Waals surface area contributed by atoms with Crippen LogP contribution in [0.4, 0.5) is 10.5 Å². The van der Waals surface area contributed by atoms with Crippen LogP contribution >= 0.6 is 0 Å². The third-order valence-corrected chi connectivity index (χ3v) is 4.70. The van der Waals surface area contributed by atoms with Gasteiger partial charge in [-0.05, 0) is 23.5 Å². The minimum atomic E-state index is -0.837. The largest absolute Gasteiger partial charge is 0.352 e. The Morgan fingerprint density at radius 2 is 1.90 bits per heavy atom. The van der Waals surface area contributed by atoms with E-state index in [-0.39, 0.29) is 18.3 Å². The van der Waals surface area contributed by atoms with Gasteiger partial charge in [-0.2, -0.15) is 0 Å². The van der Waals surface area contributed by atoms with Gasteiger partial charge in [0.2, 0.25) is 0 Å². The molecule has 0 aromatic heterocycles. The van der Waals surface area contributed by atoms with Gasteiger partial charge in [-0.1, -0.05) is 19.1 Å². The van der Waals surface area contributed by atoms with Crippen LogP contribution in [0.1, 0.15) is 23.7 Å². The Hall–Kier alpha value is -3.56. The van der Waals surface area contributed by atoms with E-state index < -0.39 is 23.9 Å². The molecule has 2 heterocycles. The minimum absolute atomic E-state index is 0.163. The minimum Gasteiger partial charge on any atom is -0.352 e. The summed E-state index contributed by atoms with van der Waals surface area (Å²) in [5, 5.41) is 5.50. The number of hydrogen-bond acceptors (Lipinski definition) is 5. The third kappa shape index (κ3) is 3.86. The number of carbonyl (C=O) groups excluding carboxylic acids is 4. The second-order valence-corrected chi connectivity index (χ2v) is 6.77. The molecule has 3 rings (SSSR count). The van der Waals surface area contributed by atoms with Crippen molar-refractivity contribution in [2.75, 3.05) is 32.5 Å². The van der Waals surface area contributed by atoms with Gasteiger partial charge in [0, 0.05) is 20.6 Å². The summed E-state index contributed by atoms with van der Waals surface area (Å²) in [5.74, 6) is -0.855. The van der Waals surface area contributed by atoms with E-state index in [4.69, 9.17) is 0 Å². The lowest BCUT2D eigenvalue weighted by Gasteiger charge is -2.30. The molecule has 1 fully saturated rings. The summed E-state index contributed by atoms with van der Waals surface area (Å²) < 4.78 is 1.46. The highest BCUT2D eigenvalue weighted by atomic mass is 16.2. The van der Waals surface area contributed by atoms with E-state index in [1.807, 2.05) is 6.92 Å². The summed E-state index contributed by atoms with van der Waals surface area (Å²) in [6, 6.07) is 5.39. The van der Waals surface area contributed by atoms with Crippen LogP contribution in [0.25, 0.3) is 0 Å². The lowest BCUT2D eigenvalue weighted by molar-refractivity contribution is -0.519. The SMILES string of the molecule is CCCNC(=O)c1ccccc1NC(=O)C[N+]1=CN=C2C1C(=O)N(C)C(=O)N2C. The van der Waals surface area contributed by atoms with E-state index >= 15 is 0 Å². The van der Waals surface area contributed by atoms with E-state index in [0.29, 0.717) is 17.8 Å². The molecule has 0 saturated carbocycles. The fraction of sp³-hybridized carbons (Fsp3) is 0.368. The molecule has 29 heavy (non-hydrogen) atoms. The fourth-order valence-corrected chi connectivity index (χ4v) is 3.15. The average molecular weight is 399 g/mol. The Balaban J connectivity index is 1.71. The van der Waals surface area contributed by atoms with Crippen LogP contribution in [0.3, 0.4) is 0 Å². The highest BCUT2D eigenvalue weighted by Crippen LogP contribution is 2.18. The monoisotopic (exact) mass is 399 g/mol. The molecule has 0 spiro atoms. The van der Waals surface area contributed by atoms with Crippen molar-refractivity contribution in [3.05, 3.63) is 29.8 Å². The van der Waals surface area contributed by atoms with E-state index in [0.717, 1.165) is 11.3 Å². The Labute approximate surface area is 167 Å². The topological polar surface area (TPSA) is 114 Å². The number of fused-ring (bicyclic) bond motifs is 1. The highest BCUT2D eigenvalue weighted by molar-refractivity contribution is 6.21. The maximum Gasteiger partial charge on any atom is 0.333 e. The van der Waals surface area contributed by atoms with Crippen LogP contribution in [0.5, 0.6) is 0 Å². The number of anilines is 1. The molecule has 152 valence electrons. The average Bonchev–Trinajstić information content (AvgIpc) is 3.12. The summed E-state index contributed by atoms with van der Waals surface area (Å²) in [5.41, 5.74) is 0.737.